The molecule has 2 aliphatic heterocycles. The van der Waals surface area contributed by atoms with Gasteiger partial charge in [-0.2, -0.15) is 5.10 Å². The lowest BCUT2D eigenvalue weighted by atomic mass is 9.71. The molecule has 7 heteroatoms. The maximum absolute atomic E-state index is 14.2. The van der Waals surface area contributed by atoms with E-state index in [9.17, 15) is 4.39 Å². The Morgan fingerprint density at radius 3 is 2.32 bits per heavy atom. The smallest absolute Gasteiger partial charge is 0.143 e. The van der Waals surface area contributed by atoms with Crippen LogP contribution in [0.15, 0.2) is 24.5 Å². The predicted octanol–water partition coefficient (Wildman–Crippen LogP) is 3.86. The number of benzene rings is 1. The first-order valence-corrected chi connectivity index (χ1v) is 11.5. The third-order valence-electron chi connectivity index (χ3n) is 7.74. The Morgan fingerprint density at radius 2 is 1.74 bits per heavy atom. The van der Waals surface area contributed by atoms with Crippen LogP contribution in [0.25, 0.3) is 11.1 Å². The van der Waals surface area contributed by atoms with Crippen LogP contribution < -0.4 is 15.4 Å². The van der Waals surface area contributed by atoms with Crippen LogP contribution in [0.4, 0.5) is 15.8 Å². The van der Waals surface area contributed by atoms with Crippen LogP contribution in [-0.4, -0.2) is 60.2 Å². The van der Waals surface area contributed by atoms with Gasteiger partial charge in [-0.1, -0.05) is 0 Å². The highest BCUT2D eigenvalue weighted by atomic mass is 19.1. The zero-order chi connectivity index (χ0) is 21.6. The number of ether oxygens (including phenoxy) is 1. The zero-order valence-corrected chi connectivity index (χ0v) is 18.7. The molecule has 3 fully saturated rings. The van der Waals surface area contributed by atoms with Crippen molar-refractivity contribution in [2.75, 3.05) is 50.5 Å². The number of rotatable bonds is 5. The molecule has 5 rings (SSSR count). The van der Waals surface area contributed by atoms with E-state index in [1.807, 2.05) is 30.2 Å². The molecule has 0 bridgehead atoms. The standard InChI is InChI=1S/C24H34FN5O/c1-28-16-18(15-27-28)19-13-20(26)22(31-2)14-21(19)30-11-7-23(8-12-30)5-9-29(10-6-23)17-24(25)3-4-24/h13-16H,3-12,17,26H2,1-2H3. The Kier molecular flexibility index (Phi) is 5.12. The Hall–Kier alpha value is -2.28. The molecule has 1 aliphatic carbocycles. The van der Waals surface area contributed by atoms with Gasteiger partial charge in [0, 0.05) is 55.8 Å². The molecule has 3 heterocycles. The SMILES string of the molecule is COc1cc(N2CCC3(CCN(CC4(F)CC4)CC3)CC2)c(-c2cnn(C)c2)cc1N. The molecule has 0 radical (unpaired) electrons. The van der Waals surface area contributed by atoms with E-state index in [0.717, 1.165) is 55.9 Å². The number of nitrogens with two attached hydrogens (primary N) is 1. The van der Waals surface area contributed by atoms with Crippen molar-refractivity contribution in [2.24, 2.45) is 12.5 Å². The van der Waals surface area contributed by atoms with Gasteiger partial charge >= 0.3 is 0 Å². The summed E-state index contributed by atoms with van der Waals surface area (Å²) in [5.74, 6) is 0.719. The normalized spacial score (nSPS) is 22.6. The molecule has 3 aliphatic rings. The number of alkyl halides is 1. The monoisotopic (exact) mass is 427 g/mol. The molecule has 0 amide bonds. The van der Waals surface area contributed by atoms with Crippen molar-refractivity contribution < 1.29 is 9.13 Å². The lowest BCUT2D eigenvalue weighted by molar-refractivity contribution is 0.0607. The molecule has 2 N–H and O–H groups in total. The molecule has 6 nitrogen and oxygen atoms in total. The first-order valence-electron chi connectivity index (χ1n) is 11.5. The van der Waals surface area contributed by atoms with Gasteiger partial charge in [-0.05, 0) is 63.1 Å². The Morgan fingerprint density at radius 1 is 1.06 bits per heavy atom. The number of hydrogen-bond acceptors (Lipinski definition) is 5. The van der Waals surface area contributed by atoms with Crippen LogP contribution in [-0.2, 0) is 7.05 Å². The molecular weight excluding hydrogens is 393 g/mol. The second-order valence-corrected chi connectivity index (χ2v) is 9.93. The van der Waals surface area contributed by atoms with E-state index >= 15 is 0 Å². The molecule has 168 valence electrons. The maximum Gasteiger partial charge on any atom is 0.143 e. The van der Waals surface area contributed by atoms with Gasteiger partial charge in [-0.15, -0.1) is 0 Å². The van der Waals surface area contributed by atoms with Gasteiger partial charge in [-0.3, -0.25) is 4.68 Å². The minimum absolute atomic E-state index is 0.409. The first-order chi connectivity index (χ1) is 14.9. The van der Waals surface area contributed by atoms with Gasteiger partial charge in [0.25, 0.3) is 0 Å². The summed E-state index contributed by atoms with van der Waals surface area (Å²) in [6.07, 6.45) is 10.2. The molecule has 2 aromatic rings. The second-order valence-electron chi connectivity index (χ2n) is 9.93. The lowest BCUT2D eigenvalue weighted by Crippen LogP contribution is -2.48. The summed E-state index contributed by atoms with van der Waals surface area (Å²) in [6, 6.07) is 4.09. The molecule has 1 spiro atoms. The molecule has 1 aromatic heterocycles. The Labute approximate surface area is 184 Å². The number of methoxy groups -OCH3 is 1. The quantitative estimate of drug-likeness (QED) is 0.735. The van der Waals surface area contributed by atoms with Crippen LogP contribution in [0.2, 0.25) is 0 Å². The number of likely N-dealkylation sites (tertiary alicyclic amines) is 1. The minimum atomic E-state index is -0.870. The van der Waals surface area contributed by atoms with Gasteiger partial charge in [0.2, 0.25) is 0 Å². The van der Waals surface area contributed by atoms with Crippen molar-refractivity contribution in [3.8, 4) is 16.9 Å². The highest BCUT2D eigenvalue weighted by Crippen LogP contribution is 2.46. The van der Waals surface area contributed by atoms with Crippen LogP contribution in [0.5, 0.6) is 5.75 Å². The molecule has 1 saturated carbocycles. The van der Waals surface area contributed by atoms with Gasteiger partial charge in [0.15, 0.2) is 0 Å². The van der Waals surface area contributed by atoms with Crippen molar-refractivity contribution in [1.29, 1.82) is 0 Å². The first kappa shape index (κ1) is 20.6. The maximum atomic E-state index is 14.2. The number of halogens is 1. The van der Waals surface area contributed by atoms with Crippen molar-refractivity contribution in [1.82, 2.24) is 14.7 Å². The highest BCUT2D eigenvalue weighted by molar-refractivity contribution is 5.83. The van der Waals surface area contributed by atoms with Gasteiger partial charge in [0.1, 0.15) is 11.4 Å². The molecule has 2 saturated heterocycles. The van der Waals surface area contributed by atoms with E-state index in [0.29, 0.717) is 17.6 Å². The van der Waals surface area contributed by atoms with Crippen LogP contribution >= 0.6 is 0 Å². The number of nitrogen functional groups attached to an aromatic ring is 1. The topological polar surface area (TPSA) is 59.5 Å². The summed E-state index contributed by atoms with van der Waals surface area (Å²) in [7, 11) is 3.60. The number of piperidine rings is 2. The molecular formula is C24H34FN5O. The van der Waals surface area contributed by atoms with E-state index in [1.54, 1.807) is 7.11 Å². The van der Waals surface area contributed by atoms with Crippen molar-refractivity contribution >= 4 is 11.4 Å². The number of nitrogens with zero attached hydrogens (tertiary/aromatic N) is 4. The minimum Gasteiger partial charge on any atom is -0.495 e. The summed E-state index contributed by atoms with van der Waals surface area (Å²) < 4.78 is 21.5. The number of anilines is 2. The lowest BCUT2D eigenvalue weighted by Gasteiger charge is -2.48. The van der Waals surface area contributed by atoms with Gasteiger partial charge in [0.05, 0.1) is 19.0 Å². The van der Waals surface area contributed by atoms with Crippen molar-refractivity contribution in [2.45, 2.75) is 44.2 Å². The van der Waals surface area contributed by atoms with E-state index in [1.165, 1.54) is 31.4 Å². The summed E-state index contributed by atoms with van der Waals surface area (Å²) in [5.41, 5.74) is 9.77. The highest BCUT2D eigenvalue weighted by Gasteiger charge is 2.46. The number of hydrogen-bond donors (Lipinski definition) is 1. The van der Waals surface area contributed by atoms with E-state index in [4.69, 9.17) is 10.5 Å². The average Bonchev–Trinajstić information content (AvgIpc) is 3.33. The summed E-state index contributed by atoms with van der Waals surface area (Å²) >= 11 is 0. The fourth-order valence-electron chi connectivity index (χ4n) is 5.42. The van der Waals surface area contributed by atoms with E-state index < -0.39 is 5.67 Å². The van der Waals surface area contributed by atoms with E-state index in [2.05, 4.69) is 21.0 Å². The molecule has 31 heavy (non-hydrogen) atoms. The fourth-order valence-corrected chi connectivity index (χ4v) is 5.42. The third-order valence-corrected chi connectivity index (χ3v) is 7.74. The van der Waals surface area contributed by atoms with E-state index in [-0.39, 0.29) is 0 Å². The molecule has 1 aromatic carbocycles. The summed E-state index contributed by atoms with van der Waals surface area (Å²) in [5, 5.41) is 4.35. The van der Waals surface area contributed by atoms with Gasteiger partial charge < -0.3 is 20.3 Å². The summed E-state index contributed by atoms with van der Waals surface area (Å²) in [4.78, 5) is 4.83. The average molecular weight is 428 g/mol. The Balaban J connectivity index is 1.30. The van der Waals surface area contributed by atoms with Crippen molar-refractivity contribution in [3.05, 3.63) is 24.5 Å². The van der Waals surface area contributed by atoms with Crippen LogP contribution in [0.3, 0.4) is 0 Å². The number of aromatic nitrogens is 2. The molecule has 0 unspecified atom stereocenters. The molecule has 0 atom stereocenters. The Bertz CT molecular complexity index is 935. The second kappa shape index (κ2) is 7.69. The summed E-state index contributed by atoms with van der Waals surface area (Å²) in [6.45, 7) is 4.78. The number of aryl methyl sites for hydroxylation is 1. The van der Waals surface area contributed by atoms with Crippen molar-refractivity contribution in [3.63, 3.8) is 0 Å². The van der Waals surface area contributed by atoms with Gasteiger partial charge in [-0.25, -0.2) is 4.39 Å². The van der Waals surface area contributed by atoms with Crippen LogP contribution in [0, 0.1) is 5.41 Å². The largest absolute Gasteiger partial charge is 0.495 e. The third kappa shape index (κ3) is 4.12. The van der Waals surface area contributed by atoms with Crippen LogP contribution in [0.1, 0.15) is 38.5 Å². The predicted molar refractivity (Wildman–Crippen MR) is 122 cm³/mol. The fraction of sp³-hybridized carbons (Fsp3) is 0.625. The zero-order valence-electron chi connectivity index (χ0n) is 18.7.